The number of aliphatic hydroxyl groups excluding tert-OH is 9. The number of allylic oxidation sites excluding steroid dienone is 12. The Morgan fingerprint density at radius 3 is 1.79 bits per heavy atom. The van der Waals surface area contributed by atoms with Crippen LogP contribution in [0.25, 0.3) is 0 Å². The first-order valence-electron chi connectivity index (χ1n) is 25.3. The number of fused-ring (bicyclic) bond motifs is 2. The molecular formula is C53H85NO17. The topological polar surface area (TPSA) is 297 Å². The highest BCUT2D eigenvalue weighted by molar-refractivity contribution is 5.71. The summed E-state index contributed by atoms with van der Waals surface area (Å²) >= 11 is 0. The molecule has 0 aliphatic carbocycles. The van der Waals surface area contributed by atoms with Crippen molar-refractivity contribution in [3.8, 4) is 0 Å². The van der Waals surface area contributed by atoms with Crippen molar-refractivity contribution >= 4 is 11.9 Å². The molecule has 0 amide bonds. The lowest BCUT2D eigenvalue weighted by Gasteiger charge is -2.47. The molecule has 404 valence electrons. The summed E-state index contributed by atoms with van der Waals surface area (Å²) in [6.45, 7) is 12.0. The van der Waals surface area contributed by atoms with E-state index >= 15 is 0 Å². The van der Waals surface area contributed by atoms with Gasteiger partial charge in [-0.2, -0.15) is 0 Å². The summed E-state index contributed by atoms with van der Waals surface area (Å²) in [5, 5.41) is 121. The average molecular weight is 1010 g/mol. The number of carboxylic acid groups (broad SMARTS) is 1. The summed E-state index contributed by atoms with van der Waals surface area (Å²) in [5.41, 5.74) is 0. The number of hydrogen-bond donors (Lipinski definition) is 11. The predicted molar refractivity (Wildman–Crippen MR) is 265 cm³/mol. The SMILES string of the molecule is CCCN(CCC)[C@@H]1[C@H](O)[C@H](O[C@H]2/C=C/C=C/C=C/C=C/C=C/C=C/C=C/[C@H](C)[C@@H](O)[C@@H](C)[C@H](C)OC(=O)C[C@H](O)C[C@H](O)CC[C@@H](O)[C@H](O)C[C@H](O)C[C@]3(O)C[C@H](O)[C@@H](C(=O)O)[C@H](C2)O3)O[C@@H](C)[C@H]1O. The fourth-order valence-corrected chi connectivity index (χ4v) is 9.33. The van der Waals surface area contributed by atoms with Crippen LogP contribution < -0.4 is 0 Å². The van der Waals surface area contributed by atoms with Gasteiger partial charge >= 0.3 is 11.9 Å². The standard InChI is InChI=1S/C53H85NO17/c1-7-25-54(26-8-2)47-49(63)36(6)69-52(50(47)64)70-40-22-20-18-16-14-12-10-9-11-13-15-17-19-21-33(3)48(62)34(4)35(5)68-45(61)29-38(56)27-37(55)23-24-41(58)42(59)28-39(57)31-53(67)32-43(60)46(51(65)66)44(30-40)71-53/h9-22,33-44,46-50,52,55-60,62-64,67H,7-8,23-32H2,1-6H3,(H,65,66)/b10-9+,13-11+,14-12+,17-15+,18-16+,21-19+,22-20+/t33-,34-,35-,36-,37+,38+,39-,40-,41+,42+,43-,44-,46+,47-,48+,49+,50-,52-,53+/m0/s1. The highest BCUT2D eigenvalue weighted by Crippen LogP contribution is 2.38. The van der Waals surface area contributed by atoms with E-state index in [1.54, 1.807) is 69.4 Å². The number of aliphatic carboxylic acids is 1. The number of ether oxygens (including phenoxy) is 4. The Balaban J connectivity index is 1.93. The minimum Gasteiger partial charge on any atom is -0.481 e. The summed E-state index contributed by atoms with van der Waals surface area (Å²) in [6, 6.07) is -0.759. The van der Waals surface area contributed by atoms with Crippen LogP contribution in [0.4, 0.5) is 0 Å². The van der Waals surface area contributed by atoms with Crippen molar-refractivity contribution in [2.24, 2.45) is 17.8 Å². The van der Waals surface area contributed by atoms with Crippen molar-refractivity contribution < 1.29 is 84.7 Å². The van der Waals surface area contributed by atoms with Gasteiger partial charge in [-0.05, 0) is 59.0 Å². The smallest absolute Gasteiger partial charge is 0.311 e. The van der Waals surface area contributed by atoms with Crippen LogP contribution >= 0.6 is 0 Å². The molecular weight excluding hydrogens is 923 g/mol. The molecule has 0 spiro atoms. The summed E-state index contributed by atoms with van der Waals surface area (Å²) < 4.78 is 23.9. The molecule has 19 atom stereocenters. The molecule has 11 N–H and O–H groups in total. The Kier molecular flexibility index (Phi) is 27.3. The minimum absolute atomic E-state index is 0.103. The maximum absolute atomic E-state index is 12.7. The van der Waals surface area contributed by atoms with Gasteiger partial charge in [0, 0.05) is 37.5 Å². The van der Waals surface area contributed by atoms with E-state index in [0.717, 1.165) is 12.8 Å². The number of carbonyl (C=O) groups is 2. The molecule has 3 heterocycles. The van der Waals surface area contributed by atoms with Gasteiger partial charge in [-0.3, -0.25) is 14.5 Å². The van der Waals surface area contributed by atoms with Crippen molar-refractivity contribution in [1.82, 2.24) is 4.90 Å². The second-order valence-electron chi connectivity index (χ2n) is 19.5. The zero-order chi connectivity index (χ0) is 52.8. The van der Waals surface area contributed by atoms with Gasteiger partial charge in [-0.1, -0.05) is 113 Å². The van der Waals surface area contributed by atoms with E-state index in [4.69, 9.17) is 18.9 Å². The van der Waals surface area contributed by atoms with Crippen LogP contribution in [-0.4, -0.2) is 184 Å². The molecule has 0 aromatic heterocycles. The third-order valence-electron chi connectivity index (χ3n) is 13.4. The van der Waals surface area contributed by atoms with Gasteiger partial charge in [0.2, 0.25) is 0 Å². The van der Waals surface area contributed by atoms with Gasteiger partial charge in [-0.25, -0.2) is 0 Å². The van der Waals surface area contributed by atoms with Gasteiger partial charge in [0.15, 0.2) is 12.1 Å². The first kappa shape index (κ1) is 61.9. The molecule has 18 nitrogen and oxygen atoms in total. The van der Waals surface area contributed by atoms with E-state index in [9.17, 15) is 65.8 Å². The molecule has 3 aliphatic rings. The molecule has 18 heteroatoms. The number of carboxylic acids is 1. The molecule has 2 fully saturated rings. The Morgan fingerprint density at radius 1 is 0.662 bits per heavy atom. The van der Waals surface area contributed by atoms with Gasteiger partial charge in [0.1, 0.15) is 18.1 Å². The Bertz CT molecular complexity index is 1780. The zero-order valence-corrected chi connectivity index (χ0v) is 42.3. The van der Waals surface area contributed by atoms with Crippen molar-refractivity contribution in [2.75, 3.05) is 13.1 Å². The van der Waals surface area contributed by atoms with Crippen molar-refractivity contribution in [1.29, 1.82) is 0 Å². The highest BCUT2D eigenvalue weighted by Gasteiger charge is 2.51. The van der Waals surface area contributed by atoms with E-state index in [2.05, 4.69) is 0 Å². The number of nitrogens with zero attached hydrogens (tertiary/aromatic N) is 1. The van der Waals surface area contributed by atoms with Crippen LogP contribution in [0.2, 0.25) is 0 Å². The first-order valence-corrected chi connectivity index (χ1v) is 25.3. The molecule has 2 bridgehead atoms. The number of esters is 1. The third-order valence-corrected chi connectivity index (χ3v) is 13.4. The maximum atomic E-state index is 12.7. The fourth-order valence-electron chi connectivity index (χ4n) is 9.33. The van der Waals surface area contributed by atoms with Crippen molar-refractivity contribution in [2.45, 2.75) is 203 Å². The molecule has 0 unspecified atom stereocenters. The molecule has 0 aromatic rings. The largest absolute Gasteiger partial charge is 0.481 e. The lowest BCUT2D eigenvalue weighted by Crippen LogP contribution is -2.64. The molecule has 71 heavy (non-hydrogen) atoms. The van der Waals surface area contributed by atoms with E-state index < -0.39 is 147 Å². The van der Waals surface area contributed by atoms with Gasteiger partial charge in [0.05, 0.1) is 79.6 Å². The number of hydrogen-bond acceptors (Lipinski definition) is 17. The normalized spacial score (nSPS) is 42.7. The predicted octanol–water partition coefficient (Wildman–Crippen LogP) is 2.88. The highest BCUT2D eigenvalue weighted by atomic mass is 16.7. The van der Waals surface area contributed by atoms with E-state index in [1.807, 2.05) is 62.1 Å². The van der Waals surface area contributed by atoms with Crippen LogP contribution in [-0.2, 0) is 28.5 Å². The summed E-state index contributed by atoms with van der Waals surface area (Å²) in [6.07, 6.45) is 5.92. The quantitative estimate of drug-likeness (QED) is 0.156. The van der Waals surface area contributed by atoms with Crippen LogP contribution in [0, 0.1) is 17.8 Å². The Morgan fingerprint density at radius 2 is 1.23 bits per heavy atom. The number of rotatable bonds is 8. The number of aliphatic hydroxyl groups is 10. The average Bonchev–Trinajstić information content (AvgIpc) is 3.28. The Labute approximate surface area is 419 Å². The van der Waals surface area contributed by atoms with Gasteiger partial charge < -0.3 is 75.1 Å². The van der Waals surface area contributed by atoms with Crippen LogP contribution in [0.5, 0.6) is 0 Å². The van der Waals surface area contributed by atoms with Crippen LogP contribution in [0.1, 0.15) is 106 Å². The van der Waals surface area contributed by atoms with Gasteiger partial charge in [0.25, 0.3) is 0 Å². The first-order chi connectivity index (χ1) is 33.6. The summed E-state index contributed by atoms with van der Waals surface area (Å²) in [7, 11) is 0. The lowest BCUT2D eigenvalue weighted by molar-refractivity contribution is -0.312. The molecule has 3 rings (SSSR count). The third kappa shape index (κ3) is 20.8. The zero-order valence-electron chi connectivity index (χ0n) is 42.3. The summed E-state index contributed by atoms with van der Waals surface area (Å²) in [4.78, 5) is 27.3. The monoisotopic (exact) mass is 1010 g/mol. The molecule has 0 radical (unpaired) electrons. The van der Waals surface area contributed by atoms with Crippen LogP contribution in [0.3, 0.4) is 0 Å². The Hall–Kier alpha value is -3.44. The van der Waals surface area contributed by atoms with Crippen molar-refractivity contribution in [3.63, 3.8) is 0 Å². The molecule has 3 aliphatic heterocycles. The molecule has 0 saturated carbocycles. The fraction of sp³-hybridized carbons (Fsp3) is 0.698. The van der Waals surface area contributed by atoms with Crippen molar-refractivity contribution in [3.05, 3.63) is 85.1 Å². The second kappa shape index (κ2) is 31.3. The van der Waals surface area contributed by atoms with Crippen LogP contribution in [0.15, 0.2) is 85.1 Å². The number of cyclic esters (lactones) is 1. The van der Waals surface area contributed by atoms with E-state index in [0.29, 0.717) is 13.1 Å². The molecule has 2 saturated heterocycles. The van der Waals surface area contributed by atoms with Gasteiger partial charge in [-0.15, -0.1) is 0 Å². The lowest BCUT2D eigenvalue weighted by atomic mass is 9.82. The maximum Gasteiger partial charge on any atom is 0.311 e. The summed E-state index contributed by atoms with van der Waals surface area (Å²) in [5.74, 6) is -6.79. The molecule has 0 aromatic carbocycles. The number of carbonyl (C=O) groups excluding carboxylic acids is 1. The van der Waals surface area contributed by atoms with E-state index in [1.165, 1.54) is 0 Å². The minimum atomic E-state index is -2.32. The van der Waals surface area contributed by atoms with E-state index in [-0.39, 0.29) is 31.6 Å². The second-order valence-corrected chi connectivity index (χ2v) is 19.5.